The molecule has 4 nitrogen and oxygen atoms in total. The van der Waals surface area contributed by atoms with Crippen LogP contribution in [0.3, 0.4) is 0 Å². The molecule has 0 aromatic carbocycles. The zero-order valence-electron chi connectivity index (χ0n) is 6.60. The molecule has 2 unspecified atom stereocenters. The summed E-state index contributed by atoms with van der Waals surface area (Å²) in [6, 6.07) is 0. The van der Waals surface area contributed by atoms with Gasteiger partial charge in [-0.1, -0.05) is 6.08 Å². The molecule has 2 atom stereocenters. The first kappa shape index (κ1) is 9.12. The zero-order chi connectivity index (χ0) is 9.19. The largest absolute Gasteiger partial charge is 0.383 e. The molecule has 4 heteroatoms. The van der Waals surface area contributed by atoms with Crippen LogP contribution in [0.15, 0.2) is 23.8 Å². The second-order valence-corrected chi connectivity index (χ2v) is 2.52. The van der Waals surface area contributed by atoms with Gasteiger partial charge in [0.15, 0.2) is 0 Å². The number of methoxy groups -OCH3 is 1. The van der Waals surface area contributed by atoms with Crippen LogP contribution < -0.4 is 0 Å². The number of ether oxygens (including phenoxy) is 1. The average Bonchev–Trinajstić information content (AvgIpc) is 2.10. The van der Waals surface area contributed by atoms with Crippen molar-refractivity contribution in [2.45, 2.75) is 11.9 Å². The summed E-state index contributed by atoms with van der Waals surface area (Å²) in [6.45, 7) is 0. The fraction of sp³-hybridized carbons (Fsp3) is 0.375. The van der Waals surface area contributed by atoms with Gasteiger partial charge in [-0.3, -0.25) is 4.79 Å². The number of aldehydes is 1. The third-order valence-electron chi connectivity index (χ3n) is 1.75. The van der Waals surface area contributed by atoms with Crippen LogP contribution in [-0.4, -0.2) is 35.5 Å². The number of carbonyl (C=O) groups is 1. The minimum atomic E-state index is -1.70. The van der Waals surface area contributed by atoms with Gasteiger partial charge in [-0.25, -0.2) is 0 Å². The summed E-state index contributed by atoms with van der Waals surface area (Å²) in [5, 5.41) is 18.7. The normalized spacial score (nSPS) is 34.6. The Morgan fingerprint density at radius 3 is 2.83 bits per heavy atom. The Labute approximate surface area is 69.8 Å². The van der Waals surface area contributed by atoms with Gasteiger partial charge in [-0.05, 0) is 12.2 Å². The summed E-state index contributed by atoms with van der Waals surface area (Å²) in [7, 11) is 1.27. The summed E-state index contributed by atoms with van der Waals surface area (Å²) in [6.07, 6.45) is 3.25. The Morgan fingerprint density at radius 1 is 1.75 bits per heavy atom. The molecule has 0 heterocycles. The lowest BCUT2D eigenvalue weighted by atomic mass is 10.00. The van der Waals surface area contributed by atoms with E-state index >= 15 is 0 Å². The van der Waals surface area contributed by atoms with Gasteiger partial charge in [0.05, 0.1) is 0 Å². The molecular weight excluding hydrogens is 160 g/mol. The maximum atomic E-state index is 10.3. The maximum absolute atomic E-state index is 10.3. The van der Waals surface area contributed by atoms with Crippen LogP contribution in [0.5, 0.6) is 0 Å². The van der Waals surface area contributed by atoms with Crippen molar-refractivity contribution in [2.24, 2.45) is 0 Å². The Kier molecular flexibility index (Phi) is 2.42. The molecule has 0 aromatic heterocycles. The Hall–Kier alpha value is -0.970. The van der Waals surface area contributed by atoms with Gasteiger partial charge in [0.2, 0.25) is 5.79 Å². The fourth-order valence-electron chi connectivity index (χ4n) is 0.939. The molecule has 1 aliphatic rings. The van der Waals surface area contributed by atoms with Crippen LogP contribution in [0.2, 0.25) is 0 Å². The Balaban J connectivity index is 2.87. The number of rotatable bonds is 2. The van der Waals surface area contributed by atoms with Gasteiger partial charge in [-0.15, -0.1) is 0 Å². The predicted octanol–water partition coefficient (Wildman–Crippen LogP) is -0.623. The average molecular weight is 170 g/mol. The third-order valence-corrected chi connectivity index (χ3v) is 1.75. The molecular formula is C8H10O4. The van der Waals surface area contributed by atoms with E-state index in [9.17, 15) is 15.0 Å². The van der Waals surface area contributed by atoms with Crippen molar-refractivity contribution < 1.29 is 19.7 Å². The van der Waals surface area contributed by atoms with Gasteiger partial charge in [-0.2, -0.15) is 0 Å². The molecule has 12 heavy (non-hydrogen) atoms. The fourth-order valence-corrected chi connectivity index (χ4v) is 0.939. The molecule has 0 saturated carbocycles. The van der Waals surface area contributed by atoms with Gasteiger partial charge in [0.25, 0.3) is 0 Å². The second-order valence-electron chi connectivity index (χ2n) is 2.52. The highest BCUT2D eigenvalue weighted by Crippen LogP contribution is 2.21. The minimum Gasteiger partial charge on any atom is -0.383 e. The lowest BCUT2D eigenvalue weighted by molar-refractivity contribution is -0.195. The molecule has 0 aromatic rings. The first-order valence-electron chi connectivity index (χ1n) is 3.44. The lowest BCUT2D eigenvalue weighted by Gasteiger charge is -2.28. The summed E-state index contributed by atoms with van der Waals surface area (Å²) < 4.78 is 4.64. The Morgan fingerprint density at radius 2 is 2.42 bits per heavy atom. The topological polar surface area (TPSA) is 66.8 Å². The maximum Gasteiger partial charge on any atom is 0.216 e. The Bertz CT molecular complexity index is 243. The van der Waals surface area contributed by atoms with E-state index in [1.54, 1.807) is 0 Å². The molecule has 66 valence electrons. The number of allylic oxidation sites excluding steroid dienone is 2. The SMILES string of the molecule is COC1(O)C=CC(C=O)=CC1O. The van der Waals surface area contributed by atoms with Crippen molar-refractivity contribution >= 4 is 6.29 Å². The quantitative estimate of drug-likeness (QED) is 0.428. The summed E-state index contributed by atoms with van der Waals surface area (Å²) in [4.78, 5) is 10.3. The minimum absolute atomic E-state index is 0.323. The van der Waals surface area contributed by atoms with Gasteiger partial charge < -0.3 is 14.9 Å². The van der Waals surface area contributed by atoms with E-state index in [2.05, 4.69) is 4.74 Å². The molecule has 1 aliphatic carbocycles. The van der Waals surface area contributed by atoms with Crippen molar-refractivity contribution in [3.05, 3.63) is 23.8 Å². The number of hydrogen-bond acceptors (Lipinski definition) is 4. The highest BCUT2D eigenvalue weighted by atomic mass is 16.6. The summed E-state index contributed by atoms with van der Waals surface area (Å²) in [5.74, 6) is -1.70. The molecule has 0 aliphatic heterocycles. The van der Waals surface area contributed by atoms with E-state index in [4.69, 9.17) is 0 Å². The number of aliphatic hydroxyl groups excluding tert-OH is 1. The molecule has 0 bridgehead atoms. The number of aliphatic hydroxyl groups is 2. The second kappa shape index (κ2) is 3.18. The zero-order valence-corrected chi connectivity index (χ0v) is 6.60. The van der Waals surface area contributed by atoms with Crippen molar-refractivity contribution in [2.75, 3.05) is 7.11 Å². The predicted molar refractivity (Wildman–Crippen MR) is 41.3 cm³/mol. The van der Waals surface area contributed by atoms with Gasteiger partial charge in [0, 0.05) is 12.7 Å². The van der Waals surface area contributed by atoms with E-state index in [1.807, 2.05) is 0 Å². The highest BCUT2D eigenvalue weighted by molar-refractivity contribution is 5.78. The standard InChI is InChI=1S/C8H10O4/c1-12-8(11)3-2-6(5-9)4-7(8)10/h2-5,7,10-11H,1H3. The van der Waals surface area contributed by atoms with Crippen LogP contribution in [0.1, 0.15) is 0 Å². The van der Waals surface area contributed by atoms with E-state index in [0.29, 0.717) is 11.9 Å². The van der Waals surface area contributed by atoms with E-state index < -0.39 is 11.9 Å². The van der Waals surface area contributed by atoms with Crippen LogP contribution >= 0.6 is 0 Å². The van der Waals surface area contributed by atoms with E-state index in [1.165, 1.54) is 25.3 Å². The summed E-state index contributed by atoms with van der Waals surface area (Å²) >= 11 is 0. The molecule has 0 amide bonds. The van der Waals surface area contributed by atoms with Crippen molar-refractivity contribution in [1.82, 2.24) is 0 Å². The smallest absolute Gasteiger partial charge is 0.216 e. The molecule has 0 saturated heterocycles. The van der Waals surface area contributed by atoms with Crippen molar-refractivity contribution in [3.63, 3.8) is 0 Å². The molecule has 0 spiro atoms. The molecule has 1 rings (SSSR count). The van der Waals surface area contributed by atoms with Crippen LogP contribution in [0.25, 0.3) is 0 Å². The number of carbonyl (C=O) groups excluding carboxylic acids is 1. The van der Waals surface area contributed by atoms with Crippen molar-refractivity contribution in [1.29, 1.82) is 0 Å². The monoisotopic (exact) mass is 170 g/mol. The molecule has 0 fully saturated rings. The van der Waals surface area contributed by atoms with E-state index in [0.717, 1.165) is 0 Å². The first-order valence-corrected chi connectivity index (χ1v) is 3.44. The molecule has 0 radical (unpaired) electrons. The van der Waals surface area contributed by atoms with Crippen LogP contribution in [0, 0.1) is 0 Å². The van der Waals surface area contributed by atoms with Gasteiger partial charge in [0.1, 0.15) is 12.4 Å². The van der Waals surface area contributed by atoms with Crippen LogP contribution in [-0.2, 0) is 9.53 Å². The number of hydrogen-bond donors (Lipinski definition) is 2. The first-order chi connectivity index (χ1) is 5.62. The van der Waals surface area contributed by atoms with Crippen LogP contribution in [0.4, 0.5) is 0 Å². The third kappa shape index (κ3) is 1.45. The van der Waals surface area contributed by atoms with Gasteiger partial charge >= 0.3 is 0 Å². The molecule has 2 N–H and O–H groups in total. The summed E-state index contributed by atoms with van der Waals surface area (Å²) in [5.41, 5.74) is 0.323. The van der Waals surface area contributed by atoms with E-state index in [-0.39, 0.29) is 0 Å². The van der Waals surface area contributed by atoms with Crippen molar-refractivity contribution in [3.8, 4) is 0 Å². The lowest BCUT2D eigenvalue weighted by Crippen LogP contribution is -2.42. The highest BCUT2D eigenvalue weighted by Gasteiger charge is 2.33.